The van der Waals surface area contributed by atoms with Gasteiger partial charge in [0.2, 0.25) is 5.91 Å². The van der Waals surface area contributed by atoms with Gasteiger partial charge in [-0.1, -0.05) is 30.0 Å². The van der Waals surface area contributed by atoms with Crippen LogP contribution in [0.2, 0.25) is 0 Å². The Morgan fingerprint density at radius 1 is 1.46 bits per heavy atom. The lowest BCUT2D eigenvalue weighted by Crippen LogP contribution is -2.51. The minimum Gasteiger partial charge on any atom is -0.394 e. The van der Waals surface area contributed by atoms with E-state index in [-0.39, 0.29) is 18.3 Å². The second-order valence-electron chi connectivity index (χ2n) is 6.55. The molecule has 6 heteroatoms. The summed E-state index contributed by atoms with van der Waals surface area (Å²) in [5, 5.41) is 13.4. The van der Waals surface area contributed by atoms with E-state index in [0.29, 0.717) is 5.92 Å². The minimum absolute atomic E-state index is 0.0219. The first kappa shape index (κ1) is 17.0. The fraction of sp³-hybridized carbons (Fsp3) is 0.444. The summed E-state index contributed by atoms with van der Waals surface area (Å²) in [6.07, 6.45) is 5.80. The number of rotatable bonds is 7. The quantitative estimate of drug-likeness (QED) is 0.757. The number of carbonyl (C=O) groups excluding carboxylic acids is 1. The minimum atomic E-state index is -0.497. The number of nitrogens with one attached hydrogen (secondary N) is 1. The van der Waals surface area contributed by atoms with Crippen LogP contribution in [-0.4, -0.2) is 38.5 Å². The first-order valence-electron chi connectivity index (χ1n) is 8.17. The van der Waals surface area contributed by atoms with Gasteiger partial charge < -0.3 is 10.4 Å². The first-order chi connectivity index (χ1) is 11.5. The summed E-state index contributed by atoms with van der Waals surface area (Å²) in [5.41, 5.74) is 1.72. The van der Waals surface area contributed by atoms with Gasteiger partial charge >= 0.3 is 0 Å². The van der Waals surface area contributed by atoms with Crippen molar-refractivity contribution in [2.24, 2.45) is 5.92 Å². The fourth-order valence-electron chi connectivity index (χ4n) is 2.89. The Hall–Kier alpha value is -1.79. The van der Waals surface area contributed by atoms with Crippen LogP contribution in [0.4, 0.5) is 0 Å². The van der Waals surface area contributed by atoms with Gasteiger partial charge in [-0.2, -0.15) is 0 Å². The molecule has 0 aliphatic heterocycles. The molecular formula is C18H23N3O2S. The Bertz CT molecular complexity index is 727. The van der Waals surface area contributed by atoms with E-state index in [4.69, 9.17) is 0 Å². The molecule has 1 aromatic carbocycles. The number of para-hydroxylation sites is 1. The molecule has 3 rings (SSSR count). The number of nitrogens with zero attached hydrogens (tertiary/aromatic N) is 2. The molecule has 5 nitrogen and oxygen atoms in total. The predicted octanol–water partition coefficient (Wildman–Crippen LogP) is 2.55. The molecular weight excluding hydrogens is 322 g/mol. The molecule has 1 aliphatic rings. The second-order valence-corrected chi connectivity index (χ2v) is 7.50. The number of imidazole rings is 1. The molecule has 1 fully saturated rings. The molecule has 1 atom stereocenters. The van der Waals surface area contributed by atoms with Crippen LogP contribution in [0.3, 0.4) is 0 Å². The van der Waals surface area contributed by atoms with Crippen LogP contribution in [0.15, 0.2) is 41.8 Å². The van der Waals surface area contributed by atoms with Crippen molar-refractivity contribution < 1.29 is 9.90 Å². The van der Waals surface area contributed by atoms with Gasteiger partial charge in [0.05, 0.1) is 23.6 Å². The Balaban J connectivity index is 1.65. The normalized spacial score (nSPS) is 16.6. The third-order valence-corrected chi connectivity index (χ3v) is 5.51. The van der Waals surface area contributed by atoms with E-state index in [1.54, 1.807) is 6.20 Å². The van der Waals surface area contributed by atoms with Crippen molar-refractivity contribution >= 4 is 17.7 Å². The lowest BCUT2D eigenvalue weighted by Gasteiger charge is -2.28. The van der Waals surface area contributed by atoms with Crippen LogP contribution >= 0.6 is 11.8 Å². The molecule has 0 radical (unpaired) electrons. The topological polar surface area (TPSA) is 67.2 Å². The van der Waals surface area contributed by atoms with Gasteiger partial charge in [-0.05, 0) is 44.2 Å². The average Bonchev–Trinajstić information content (AvgIpc) is 3.33. The van der Waals surface area contributed by atoms with Gasteiger partial charge in [0.15, 0.2) is 5.16 Å². The van der Waals surface area contributed by atoms with Gasteiger partial charge in [-0.3, -0.25) is 9.36 Å². The van der Waals surface area contributed by atoms with Crippen LogP contribution in [0, 0.1) is 12.8 Å². The number of hydrogen-bond acceptors (Lipinski definition) is 4. The highest BCUT2D eigenvalue weighted by Crippen LogP contribution is 2.39. The molecule has 1 unspecified atom stereocenters. The maximum atomic E-state index is 12.3. The number of benzene rings is 1. The van der Waals surface area contributed by atoms with E-state index < -0.39 is 5.54 Å². The molecule has 1 heterocycles. The number of thioether (sulfide) groups is 1. The summed E-state index contributed by atoms with van der Waals surface area (Å²) in [5.74, 6) is 0.610. The SMILES string of the molecule is Cc1ccccc1-n1ccnc1SCC(=O)NC(C)(CO)C1CC1. The number of amides is 1. The summed E-state index contributed by atoms with van der Waals surface area (Å²) < 4.78 is 2.00. The second kappa shape index (κ2) is 6.99. The summed E-state index contributed by atoms with van der Waals surface area (Å²) in [6, 6.07) is 8.09. The van der Waals surface area contributed by atoms with Crippen molar-refractivity contribution in [3.63, 3.8) is 0 Å². The van der Waals surface area contributed by atoms with E-state index in [9.17, 15) is 9.90 Å². The molecule has 2 N–H and O–H groups in total. The summed E-state index contributed by atoms with van der Waals surface area (Å²) in [4.78, 5) is 16.6. The zero-order valence-electron chi connectivity index (χ0n) is 14.0. The van der Waals surface area contributed by atoms with Crippen molar-refractivity contribution in [2.45, 2.75) is 37.4 Å². The summed E-state index contributed by atoms with van der Waals surface area (Å²) in [6.45, 7) is 3.95. The van der Waals surface area contributed by atoms with E-state index in [0.717, 1.165) is 29.2 Å². The van der Waals surface area contributed by atoms with Crippen molar-refractivity contribution in [1.82, 2.24) is 14.9 Å². The molecule has 1 aromatic heterocycles. The number of aliphatic hydroxyl groups excluding tert-OH is 1. The molecule has 1 aliphatic carbocycles. The molecule has 0 bridgehead atoms. The molecule has 1 saturated carbocycles. The van der Waals surface area contributed by atoms with Crippen LogP contribution in [0.25, 0.3) is 5.69 Å². The molecule has 0 spiro atoms. The van der Waals surface area contributed by atoms with E-state index in [1.165, 1.54) is 11.8 Å². The maximum absolute atomic E-state index is 12.3. The number of aromatic nitrogens is 2. The smallest absolute Gasteiger partial charge is 0.230 e. The largest absolute Gasteiger partial charge is 0.394 e. The zero-order chi connectivity index (χ0) is 17.2. The third kappa shape index (κ3) is 3.65. The van der Waals surface area contributed by atoms with Gasteiger partial charge in [0, 0.05) is 12.4 Å². The van der Waals surface area contributed by atoms with Gasteiger partial charge in [0.1, 0.15) is 0 Å². The summed E-state index contributed by atoms with van der Waals surface area (Å²) >= 11 is 1.41. The Morgan fingerprint density at radius 2 is 2.21 bits per heavy atom. The van der Waals surface area contributed by atoms with Gasteiger partial charge in [0.25, 0.3) is 0 Å². The van der Waals surface area contributed by atoms with Gasteiger partial charge in [-0.15, -0.1) is 0 Å². The van der Waals surface area contributed by atoms with Crippen LogP contribution in [0.5, 0.6) is 0 Å². The predicted molar refractivity (Wildman–Crippen MR) is 95.4 cm³/mol. The number of carbonyl (C=O) groups is 1. The van der Waals surface area contributed by atoms with Crippen molar-refractivity contribution in [1.29, 1.82) is 0 Å². The Morgan fingerprint density at radius 3 is 2.88 bits per heavy atom. The molecule has 128 valence electrons. The zero-order valence-corrected chi connectivity index (χ0v) is 14.8. The molecule has 2 aromatic rings. The van der Waals surface area contributed by atoms with E-state index in [2.05, 4.69) is 23.3 Å². The third-order valence-electron chi connectivity index (χ3n) is 4.55. The van der Waals surface area contributed by atoms with Crippen molar-refractivity contribution in [3.05, 3.63) is 42.2 Å². The summed E-state index contributed by atoms with van der Waals surface area (Å²) in [7, 11) is 0. The molecule has 1 amide bonds. The first-order valence-corrected chi connectivity index (χ1v) is 9.16. The Kier molecular flexibility index (Phi) is 4.96. The van der Waals surface area contributed by atoms with Crippen LogP contribution in [-0.2, 0) is 4.79 Å². The van der Waals surface area contributed by atoms with Crippen molar-refractivity contribution in [3.8, 4) is 5.69 Å². The molecule has 24 heavy (non-hydrogen) atoms. The lowest BCUT2D eigenvalue weighted by molar-refractivity contribution is -0.121. The highest BCUT2D eigenvalue weighted by atomic mass is 32.2. The number of aryl methyl sites for hydroxylation is 1. The maximum Gasteiger partial charge on any atom is 0.230 e. The lowest BCUT2D eigenvalue weighted by atomic mass is 9.97. The van der Waals surface area contributed by atoms with Crippen LogP contribution in [0.1, 0.15) is 25.3 Å². The van der Waals surface area contributed by atoms with E-state index in [1.807, 2.05) is 35.9 Å². The number of hydrogen-bond donors (Lipinski definition) is 2. The van der Waals surface area contributed by atoms with Crippen LogP contribution < -0.4 is 5.32 Å². The van der Waals surface area contributed by atoms with Crippen molar-refractivity contribution in [2.75, 3.05) is 12.4 Å². The van der Waals surface area contributed by atoms with Gasteiger partial charge in [-0.25, -0.2) is 4.98 Å². The fourth-order valence-corrected chi connectivity index (χ4v) is 3.66. The molecule has 0 saturated heterocycles. The standard InChI is InChI=1S/C18H23N3O2S/c1-13-5-3-4-6-15(13)21-10-9-19-17(21)24-11-16(23)20-18(2,12-22)14-7-8-14/h3-6,9-10,14,22H,7-8,11-12H2,1-2H3,(H,20,23). The Labute approximate surface area is 146 Å². The number of aliphatic hydroxyl groups is 1. The highest BCUT2D eigenvalue weighted by molar-refractivity contribution is 7.99. The monoisotopic (exact) mass is 345 g/mol. The highest BCUT2D eigenvalue weighted by Gasteiger charge is 2.42. The average molecular weight is 345 g/mol. The van der Waals surface area contributed by atoms with E-state index >= 15 is 0 Å².